The number of hydrogen-bond donors (Lipinski definition) is 3. The van der Waals surface area contributed by atoms with Crippen LogP contribution in [-0.4, -0.2) is 51.9 Å². The van der Waals surface area contributed by atoms with Crippen molar-refractivity contribution in [3.05, 3.63) is 0 Å². The number of carbonyl (C=O) groups is 2. The van der Waals surface area contributed by atoms with Gasteiger partial charge in [0.15, 0.2) is 0 Å². The van der Waals surface area contributed by atoms with Crippen LogP contribution in [0, 0.1) is 11.8 Å². The van der Waals surface area contributed by atoms with Gasteiger partial charge in [-0.05, 0) is 43.6 Å². The van der Waals surface area contributed by atoms with E-state index in [4.69, 9.17) is 9.79 Å². The maximum Gasteiger partial charge on any atom is 0.384 e. The van der Waals surface area contributed by atoms with Crippen LogP contribution in [0.3, 0.4) is 0 Å². The largest absolute Gasteiger partial charge is 0.384 e. The third-order valence-corrected chi connectivity index (χ3v) is 6.74. The van der Waals surface area contributed by atoms with Crippen LogP contribution in [-0.2, 0) is 14.2 Å². The fraction of sp³-hybridized carbons (Fsp3) is 0.857. The number of rotatable bonds is 9. The Hall–Kier alpha value is -0.400. The molecule has 132 valence electrons. The van der Waals surface area contributed by atoms with E-state index in [9.17, 15) is 14.2 Å². The number of amides is 2. The van der Waals surface area contributed by atoms with E-state index >= 15 is 0 Å². The van der Waals surface area contributed by atoms with Crippen LogP contribution in [0.5, 0.6) is 0 Å². The van der Waals surface area contributed by atoms with Crippen molar-refractivity contribution in [2.24, 2.45) is 11.8 Å². The molecule has 1 saturated carbocycles. The predicted molar refractivity (Wildman–Crippen MR) is 88.8 cm³/mol. The average Bonchev–Trinajstić information content (AvgIpc) is 2.74. The third-order valence-electron chi connectivity index (χ3n) is 4.46. The molecule has 2 atom stereocenters. The number of unbranched alkanes of at least 4 members (excludes halogenated alkanes) is 1. The molecule has 0 aromatic rings. The molecule has 0 unspecified atom stereocenters. The van der Waals surface area contributed by atoms with E-state index in [1.165, 1.54) is 4.90 Å². The number of hydrogen-bond acceptors (Lipinski definition) is 5. The summed E-state index contributed by atoms with van der Waals surface area (Å²) < 4.78 is 10.6. The molecule has 1 heterocycles. The molecule has 1 aliphatic carbocycles. The summed E-state index contributed by atoms with van der Waals surface area (Å²) in [7, 11) is 0. The van der Waals surface area contributed by atoms with E-state index in [1.807, 2.05) is 0 Å². The number of likely N-dealkylation sites (tertiary alicyclic amines) is 1. The van der Waals surface area contributed by atoms with Crippen molar-refractivity contribution in [1.82, 2.24) is 10.2 Å². The number of nitrogens with one attached hydrogen (secondary N) is 1. The Morgan fingerprint density at radius 3 is 2.26 bits per heavy atom. The van der Waals surface area contributed by atoms with Crippen molar-refractivity contribution in [3.8, 4) is 0 Å². The summed E-state index contributed by atoms with van der Waals surface area (Å²) in [6.07, 6.45) is 5.38. The van der Waals surface area contributed by atoms with Crippen LogP contribution >= 0.6 is 18.2 Å². The highest BCUT2D eigenvalue weighted by Gasteiger charge is 2.47. The first-order chi connectivity index (χ1) is 10.9. The monoisotopic (exact) mass is 364 g/mol. The molecule has 2 aliphatic rings. The standard InChI is InChI=1S/C14H25N2O5PS/c17-13-11-5-1-2-6-12(11)14(18)16(13)9-4-3-7-15-8-10-23-22(19,20)21/h11-12,15H,1-10H2,(H2,19,20,21)/t11-,12+. The summed E-state index contributed by atoms with van der Waals surface area (Å²) >= 11 is 0.636. The Kier molecular flexibility index (Phi) is 7.10. The first kappa shape index (κ1) is 18.9. The molecule has 7 nitrogen and oxygen atoms in total. The van der Waals surface area contributed by atoms with E-state index in [0.29, 0.717) is 36.8 Å². The van der Waals surface area contributed by atoms with Gasteiger partial charge in [0.05, 0.1) is 11.8 Å². The van der Waals surface area contributed by atoms with Crippen LogP contribution < -0.4 is 5.32 Å². The van der Waals surface area contributed by atoms with Crippen molar-refractivity contribution >= 4 is 30.0 Å². The maximum atomic E-state index is 12.3. The van der Waals surface area contributed by atoms with Gasteiger partial charge in [-0.2, -0.15) is 0 Å². The first-order valence-corrected chi connectivity index (χ1v) is 11.4. The van der Waals surface area contributed by atoms with Crippen molar-refractivity contribution in [2.45, 2.75) is 38.5 Å². The van der Waals surface area contributed by atoms with Crippen LogP contribution in [0.25, 0.3) is 0 Å². The third kappa shape index (κ3) is 5.57. The highest BCUT2D eigenvalue weighted by atomic mass is 32.7. The molecule has 0 aromatic carbocycles. The van der Waals surface area contributed by atoms with Crippen molar-refractivity contribution in [1.29, 1.82) is 0 Å². The summed E-state index contributed by atoms with van der Waals surface area (Å²) in [5, 5.41) is 3.10. The zero-order chi connectivity index (χ0) is 16.9. The lowest BCUT2D eigenvalue weighted by Gasteiger charge is -2.19. The van der Waals surface area contributed by atoms with Gasteiger partial charge >= 0.3 is 6.80 Å². The summed E-state index contributed by atoms with van der Waals surface area (Å²) in [4.78, 5) is 43.4. The molecule has 3 N–H and O–H groups in total. The van der Waals surface area contributed by atoms with Crippen LogP contribution in [0.2, 0.25) is 0 Å². The van der Waals surface area contributed by atoms with Gasteiger partial charge in [-0.1, -0.05) is 12.8 Å². The number of imide groups is 1. The molecule has 1 saturated heterocycles. The van der Waals surface area contributed by atoms with Gasteiger partial charge in [-0.3, -0.25) is 14.5 Å². The van der Waals surface area contributed by atoms with Gasteiger partial charge in [-0.15, -0.1) is 0 Å². The van der Waals surface area contributed by atoms with Gasteiger partial charge in [0.25, 0.3) is 0 Å². The smallest absolute Gasteiger partial charge is 0.317 e. The minimum Gasteiger partial charge on any atom is -0.317 e. The molecule has 9 heteroatoms. The van der Waals surface area contributed by atoms with Gasteiger partial charge in [0.1, 0.15) is 0 Å². The minimum absolute atomic E-state index is 0.0192. The first-order valence-electron chi connectivity index (χ1n) is 8.16. The van der Waals surface area contributed by atoms with Crippen molar-refractivity contribution in [2.75, 3.05) is 25.4 Å². The highest BCUT2D eigenvalue weighted by Crippen LogP contribution is 2.49. The quantitative estimate of drug-likeness (QED) is 0.322. The van der Waals surface area contributed by atoms with E-state index in [-0.39, 0.29) is 23.7 Å². The molecular formula is C14H25N2O5PS. The van der Waals surface area contributed by atoms with Gasteiger partial charge in [-0.25, -0.2) is 4.57 Å². The lowest BCUT2D eigenvalue weighted by Crippen LogP contribution is -2.32. The zero-order valence-electron chi connectivity index (χ0n) is 13.1. The predicted octanol–water partition coefficient (Wildman–Crippen LogP) is 1.36. The number of fused-ring (bicyclic) bond motifs is 1. The van der Waals surface area contributed by atoms with Gasteiger partial charge < -0.3 is 15.1 Å². The topological polar surface area (TPSA) is 107 Å². The second-order valence-electron chi connectivity index (χ2n) is 6.11. The fourth-order valence-corrected chi connectivity index (χ4v) is 4.79. The van der Waals surface area contributed by atoms with Crippen molar-refractivity contribution < 1.29 is 23.9 Å². The Labute approximate surface area is 140 Å². The normalized spacial score (nSPS) is 25.0. The molecule has 0 aromatic heterocycles. The SMILES string of the molecule is O=C1[C@H]2CCCC[C@H]2C(=O)N1CCCCNCCSP(=O)(O)O. The Balaban J connectivity index is 1.58. The average molecular weight is 364 g/mol. The second-order valence-corrected chi connectivity index (χ2v) is 9.96. The van der Waals surface area contributed by atoms with Gasteiger partial charge in [0, 0.05) is 18.8 Å². The second kappa shape index (κ2) is 8.62. The Morgan fingerprint density at radius 1 is 1.09 bits per heavy atom. The van der Waals surface area contributed by atoms with E-state index in [0.717, 1.165) is 38.5 Å². The molecule has 2 amide bonds. The summed E-state index contributed by atoms with van der Waals surface area (Å²) in [5.74, 6) is 0.256. The Bertz CT molecular complexity index is 460. The molecule has 0 radical (unpaired) electrons. The minimum atomic E-state index is -3.97. The molecule has 0 spiro atoms. The lowest BCUT2D eigenvalue weighted by atomic mass is 9.81. The summed E-state index contributed by atoms with van der Waals surface area (Å²) in [6, 6.07) is 0. The summed E-state index contributed by atoms with van der Waals surface area (Å²) in [5.41, 5.74) is 0. The zero-order valence-corrected chi connectivity index (χ0v) is 14.9. The molecule has 1 aliphatic heterocycles. The molecule has 2 fully saturated rings. The lowest BCUT2D eigenvalue weighted by molar-refractivity contribution is -0.139. The van der Waals surface area contributed by atoms with E-state index in [2.05, 4.69) is 5.32 Å². The molecular weight excluding hydrogens is 339 g/mol. The van der Waals surface area contributed by atoms with Crippen LogP contribution in [0.15, 0.2) is 0 Å². The van der Waals surface area contributed by atoms with Gasteiger partial charge in [0.2, 0.25) is 11.8 Å². The highest BCUT2D eigenvalue weighted by molar-refractivity contribution is 8.54. The molecule has 23 heavy (non-hydrogen) atoms. The number of nitrogens with zero attached hydrogens (tertiary/aromatic N) is 1. The molecule has 0 bridgehead atoms. The van der Waals surface area contributed by atoms with E-state index < -0.39 is 6.80 Å². The number of carbonyl (C=O) groups excluding carboxylic acids is 2. The maximum absolute atomic E-state index is 12.3. The Morgan fingerprint density at radius 2 is 1.70 bits per heavy atom. The van der Waals surface area contributed by atoms with Crippen LogP contribution in [0.4, 0.5) is 0 Å². The molecule has 2 rings (SSSR count). The van der Waals surface area contributed by atoms with E-state index in [1.54, 1.807) is 0 Å². The van der Waals surface area contributed by atoms with Crippen molar-refractivity contribution in [3.63, 3.8) is 0 Å². The van der Waals surface area contributed by atoms with Crippen LogP contribution in [0.1, 0.15) is 38.5 Å². The summed E-state index contributed by atoms with van der Waals surface area (Å²) in [6.45, 7) is -2.24. The fourth-order valence-electron chi connectivity index (χ4n) is 3.33.